The first-order valence-corrected chi connectivity index (χ1v) is 6.88. The van der Waals surface area contributed by atoms with E-state index in [1.165, 1.54) is 12.1 Å². The number of rotatable bonds is 5. The first-order valence-electron chi connectivity index (χ1n) is 6.88. The summed E-state index contributed by atoms with van der Waals surface area (Å²) in [6.07, 6.45) is 3.35. The highest BCUT2D eigenvalue weighted by atomic mass is 19.1. The molecule has 1 aromatic carbocycles. The predicted octanol–water partition coefficient (Wildman–Crippen LogP) is 2.37. The van der Waals surface area contributed by atoms with Gasteiger partial charge in [0.2, 0.25) is 0 Å². The molecule has 0 spiro atoms. The van der Waals surface area contributed by atoms with Gasteiger partial charge >= 0.3 is 0 Å². The van der Waals surface area contributed by atoms with Crippen LogP contribution >= 0.6 is 0 Å². The zero-order valence-electron chi connectivity index (χ0n) is 11.2. The third kappa shape index (κ3) is 3.98. The topological polar surface area (TPSA) is 75.4 Å². The lowest BCUT2D eigenvalue weighted by Crippen LogP contribution is -2.27. The van der Waals surface area contributed by atoms with Crippen molar-refractivity contribution < 1.29 is 14.4 Å². The molecule has 1 aliphatic rings. The van der Waals surface area contributed by atoms with Crippen LogP contribution in [0.25, 0.3) is 0 Å². The van der Waals surface area contributed by atoms with Crippen molar-refractivity contribution in [2.75, 3.05) is 6.54 Å². The molecule has 20 heavy (non-hydrogen) atoms. The van der Waals surface area contributed by atoms with Crippen LogP contribution in [0.5, 0.6) is 0 Å². The van der Waals surface area contributed by atoms with Crippen LogP contribution in [0.4, 0.5) is 10.1 Å². The van der Waals surface area contributed by atoms with E-state index in [1.807, 2.05) is 0 Å². The average Bonchev–Trinajstić information content (AvgIpc) is 2.41. The van der Waals surface area contributed by atoms with Crippen LogP contribution in [-0.2, 0) is 6.54 Å². The second-order valence-electron chi connectivity index (χ2n) is 5.34. The molecule has 2 rings (SSSR count). The fourth-order valence-electron chi connectivity index (χ4n) is 2.63. The minimum atomic E-state index is -0.493. The van der Waals surface area contributed by atoms with Crippen LogP contribution in [0.3, 0.4) is 0 Å². The van der Waals surface area contributed by atoms with E-state index in [9.17, 15) is 19.6 Å². The fraction of sp³-hybridized carbons (Fsp3) is 0.571. The van der Waals surface area contributed by atoms with Gasteiger partial charge in [-0.05, 0) is 50.3 Å². The van der Waals surface area contributed by atoms with Crippen molar-refractivity contribution in [3.8, 4) is 0 Å². The van der Waals surface area contributed by atoms with Gasteiger partial charge in [-0.2, -0.15) is 0 Å². The van der Waals surface area contributed by atoms with E-state index in [0.717, 1.165) is 38.3 Å². The molecule has 0 radical (unpaired) electrons. The molecule has 1 fully saturated rings. The third-order valence-electron chi connectivity index (χ3n) is 3.80. The molecule has 0 aliphatic heterocycles. The van der Waals surface area contributed by atoms with Gasteiger partial charge in [0.05, 0.1) is 11.0 Å². The van der Waals surface area contributed by atoms with Crippen molar-refractivity contribution >= 4 is 5.69 Å². The van der Waals surface area contributed by atoms with E-state index in [0.29, 0.717) is 11.5 Å². The van der Waals surface area contributed by atoms with E-state index in [1.54, 1.807) is 0 Å². The molecule has 6 heteroatoms. The summed E-state index contributed by atoms with van der Waals surface area (Å²) < 4.78 is 13.2. The molecule has 0 amide bonds. The first-order chi connectivity index (χ1) is 9.56. The number of nitro groups is 1. The third-order valence-corrected chi connectivity index (χ3v) is 3.80. The van der Waals surface area contributed by atoms with Gasteiger partial charge in [-0.3, -0.25) is 10.1 Å². The summed E-state index contributed by atoms with van der Waals surface area (Å²) in [5.41, 5.74) is 0.309. The molecule has 110 valence electrons. The Kier molecular flexibility index (Phi) is 5.03. The lowest BCUT2D eigenvalue weighted by atomic mass is 9.87. The number of halogens is 1. The number of hydrogen-bond acceptors (Lipinski definition) is 4. The van der Waals surface area contributed by atoms with E-state index in [-0.39, 0.29) is 18.3 Å². The zero-order chi connectivity index (χ0) is 14.5. The lowest BCUT2D eigenvalue weighted by Gasteiger charge is -2.25. The summed E-state index contributed by atoms with van der Waals surface area (Å²) in [4.78, 5) is 10.4. The minimum Gasteiger partial charge on any atom is -0.393 e. The van der Waals surface area contributed by atoms with Gasteiger partial charge in [-0.15, -0.1) is 0 Å². The maximum Gasteiger partial charge on any atom is 0.274 e. The number of aliphatic hydroxyl groups is 1. The lowest BCUT2D eigenvalue weighted by molar-refractivity contribution is -0.385. The summed E-state index contributed by atoms with van der Waals surface area (Å²) in [5.74, 6) is 0.0132. The van der Waals surface area contributed by atoms with Crippen LogP contribution in [0.1, 0.15) is 31.2 Å². The zero-order valence-corrected chi connectivity index (χ0v) is 11.2. The van der Waals surface area contributed by atoms with Gasteiger partial charge in [0, 0.05) is 18.2 Å². The maximum atomic E-state index is 13.2. The summed E-state index contributed by atoms with van der Waals surface area (Å²) in [5, 5.41) is 23.4. The van der Waals surface area contributed by atoms with Crippen LogP contribution in [0.2, 0.25) is 0 Å². The van der Waals surface area contributed by atoms with Crippen molar-refractivity contribution in [3.05, 3.63) is 39.7 Å². The number of aliphatic hydroxyl groups excluding tert-OH is 1. The molecule has 0 atom stereocenters. The molecule has 0 aromatic heterocycles. The fourth-order valence-corrected chi connectivity index (χ4v) is 2.63. The molecule has 1 saturated carbocycles. The molecule has 5 nitrogen and oxygen atoms in total. The largest absolute Gasteiger partial charge is 0.393 e. The van der Waals surface area contributed by atoms with Crippen molar-refractivity contribution in [1.82, 2.24) is 5.32 Å². The molecule has 0 bridgehead atoms. The minimum absolute atomic E-state index is 0.0574. The predicted molar refractivity (Wildman–Crippen MR) is 72.7 cm³/mol. The van der Waals surface area contributed by atoms with E-state index in [2.05, 4.69) is 5.32 Å². The van der Waals surface area contributed by atoms with Gasteiger partial charge in [0.15, 0.2) is 0 Å². The number of hydrogen-bond donors (Lipinski definition) is 2. The van der Waals surface area contributed by atoms with Gasteiger partial charge in [-0.1, -0.05) is 0 Å². The summed E-state index contributed by atoms with van der Waals surface area (Å²) in [6, 6.07) is 3.50. The Morgan fingerprint density at radius 2 is 2.05 bits per heavy atom. The van der Waals surface area contributed by atoms with Gasteiger partial charge in [0.1, 0.15) is 5.82 Å². The normalized spacial score (nSPS) is 22.7. The Bertz CT molecular complexity index is 473. The summed E-state index contributed by atoms with van der Waals surface area (Å²) in [7, 11) is 0. The maximum absolute atomic E-state index is 13.2. The smallest absolute Gasteiger partial charge is 0.274 e. The number of nitrogens with one attached hydrogen (secondary N) is 1. The van der Waals surface area contributed by atoms with Crippen LogP contribution in [0.15, 0.2) is 18.2 Å². The molecular formula is C14H19FN2O3. The highest BCUT2D eigenvalue weighted by molar-refractivity contribution is 5.40. The van der Waals surface area contributed by atoms with Crippen LogP contribution in [0, 0.1) is 21.8 Å². The van der Waals surface area contributed by atoms with E-state index in [4.69, 9.17) is 0 Å². The second-order valence-corrected chi connectivity index (χ2v) is 5.34. The van der Waals surface area contributed by atoms with Gasteiger partial charge < -0.3 is 10.4 Å². The van der Waals surface area contributed by atoms with Crippen molar-refractivity contribution in [1.29, 1.82) is 0 Å². The molecule has 0 heterocycles. The van der Waals surface area contributed by atoms with E-state index >= 15 is 0 Å². The van der Waals surface area contributed by atoms with Crippen molar-refractivity contribution in [2.24, 2.45) is 5.92 Å². The Morgan fingerprint density at radius 1 is 1.35 bits per heavy atom. The SMILES string of the molecule is O=[N+]([O-])c1ccc(F)cc1CNCC1CCC(O)CC1. The van der Waals surface area contributed by atoms with Gasteiger partial charge in [0.25, 0.3) is 5.69 Å². The Labute approximate surface area is 117 Å². The molecule has 1 aromatic rings. The summed E-state index contributed by atoms with van der Waals surface area (Å²) in [6.45, 7) is 1.02. The molecule has 0 saturated heterocycles. The highest BCUT2D eigenvalue weighted by Crippen LogP contribution is 2.24. The number of nitrogens with zero attached hydrogens (tertiary/aromatic N) is 1. The molecule has 1 aliphatic carbocycles. The number of nitro benzene ring substituents is 1. The molecular weight excluding hydrogens is 263 g/mol. The Morgan fingerprint density at radius 3 is 2.70 bits per heavy atom. The Hall–Kier alpha value is -1.53. The Balaban J connectivity index is 1.87. The highest BCUT2D eigenvalue weighted by Gasteiger charge is 2.19. The number of benzene rings is 1. The quantitative estimate of drug-likeness (QED) is 0.642. The van der Waals surface area contributed by atoms with E-state index < -0.39 is 10.7 Å². The standard InChI is InChI=1S/C14H19FN2O3/c15-12-3-6-14(17(19)20)11(7-12)9-16-8-10-1-4-13(18)5-2-10/h3,6-7,10,13,16,18H,1-2,4-5,8-9H2. The molecule has 0 unspecified atom stereocenters. The van der Waals surface area contributed by atoms with Crippen LogP contribution < -0.4 is 5.32 Å². The monoisotopic (exact) mass is 282 g/mol. The summed E-state index contributed by atoms with van der Waals surface area (Å²) >= 11 is 0. The first kappa shape index (κ1) is 14.9. The average molecular weight is 282 g/mol. The van der Waals surface area contributed by atoms with Crippen molar-refractivity contribution in [3.63, 3.8) is 0 Å². The van der Waals surface area contributed by atoms with Crippen molar-refractivity contribution in [2.45, 2.75) is 38.3 Å². The van der Waals surface area contributed by atoms with Gasteiger partial charge in [-0.25, -0.2) is 4.39 Å². The van der Waals surface area contributed by atoms with Crippen LogP contribution in [-0.4, -0.2) is 22.7 Å². The second kappa shape index (κ2) is 6.76. The molecule has 2 N–H and O–H groups in total.